The zero-order chi connectivity index (χ0) is 20.8. The van der Waals surface area contributed by atoms with E-state index >= 15 is 0 Å². The van der Waals surface area contributed by atoms with E-state index in [1.165, 1.54) is 5.56 Å². The molecule has 0 aliphatic carbocycles. The van der Waals surface area contributed by atoms with Crippen molar-refractivity contribution in [2.24, 2.45) is 11.7 Å². The molecule has 0 radical (unpaired) electrons. The van der Waals surface area contributed by atoms with Crippen molar-refractivity contribution in [3.63, 3.8) is 0 Å². The number of aryl methyl sites for hydroxylation is 1. The first kappa shape index (κ1) is 20.9. The molecule has 1 saturated heterocycles. The van der Waals surface area contributed by atoms with Crippen molar-refractivity contribution in [2.45, 2.75) is 26.7 Å². The highest BCUT2D eigenvalue weighted by atomic mass is 16.2. The molecule has 1 heterocycles. The molecule has 1 aliphatic rings. The van der Waals surface area contributed by atoms with Gasteiger partial charge in [-0.2, -0.15) is 0 Å². The predicted octanol–water partition coefficient (Wildman–Crippen LogP) is 2.97. The smallest absolute Gasteiger partial charge is 0.255 e. The Morgan fingerprint density at radius 2 is 1.86 bits per heavy atom. The van der Waals surface area contributed by atoms with Crippen LogP contribution in [0.3, 0.4) is 0 Å². The van der Waals surface area contributed by atoms with Gasteiger partial charge in [0.1, 0.15) is 0 Å². The summed E-state index contributed by atoms with van der Waals surface area (Å²) < 4.78 is 0. The zero-order valence-electron chi connectivity index (χ0n) is 17.2. The summed E-state index contributed by atoms with van der Waals surface area (Å²) in [5, 5.41) is 6.27. The van der Waals surface area contributed by atoms with Crippen molar-refractivity contribution >= 4 is 23.2 Å². The lowest BCUT2D eigenvalue weighted by Crippen LogP contribution is -2.46. The van der Waals surface area contributed by atoms with Crippen LogP contribution in [-0.2, 0) is 4.79 Å². The summed E-state index contributed by atoms with van der Waals surface area (Å²) in [7, 11) is 0. The number of hydrogen-bond donors (Lipinski definition) is 3. The summed E-state index contributed by atoms with van der Waals surface area (Å²) in [5.41, 5.74) is 10.2. The first-order chi connectivity index (χ1) is 14.0. The van der Waals surface area contributed by atoms with E-state index in [-0.39, 0.29) is 17.7 Å². The highest BCUT2D eigenvalue weighted by Gasteiger charge is 2.29. The van der Waals surface area contributed by atoms with Crippen LogP contribution in [-0.4, -0.2) is 42.9 Å². The molecule has 0 spiro atoms. The van der Waals surface area contributed by atoms with Gasteiger partial charge in [-0.3, -0.25) is 9.59 Å². The maximum absolute atomic E-state index is 13.3. The molecule has 1 atom stereocenters. The number of piperidine rings is 1. The molecule has 0 bridgehead atoms. The predicted molar refractivity (Wildman–Crippen MR) is 116 cm³/mol. The van der Waals surface area contributed by atoms with E-state index in [1.807, 2.05) is 36.4 Å². The minimum atomic E-state index is -0.182. The highest BCUT2D eigenvalue weighted by Crippen LogP contribution is 2.27. The van der Waals surface area contributed by atoms with Crippen LogP contribution in [0.25, 0.3) is 0 Å². The number of nitrogens with two attached hydrogens (primary N) is 1. The summed E-state index contributed by atoms with van der Waals surface area (Å²) in [6.45, 7) is 6.12. The first-order valence-electron chi connectivity index (χ1n) is 10.2. The highest BCUT2D eigenvalue weighted by molar-refractivity contribution is 6.00. The fourth-order valence-corrected chi connectivity index (χ4v) is 3.70. The molecule has 6 nitrogen and oxygen atoms in total. The molecular weight excluding hydrogens is 364 g/mol. The zero-order valence-corrected chi connectivity index (χ0v) is 17.2. The molecule has 4 N–H and O–H groups in total. The standard InChI is InChI=1S/C23H30N4O2/c1-16-7-5-11-20(17(16)2)26-21-10-4-3-9-19(21)23(29)27-14-6-8-18(15-27)22(28)25-13-12-24/h3-5,7,9-11,18,26H,6,8,12-15,24H2,1-2H3,(H,25,28). The second-order valence-corrected chi connectivity index (χ2v) is 7.59. The van der Waals surface area contributed by atoms with Crippen LogP contribution in [0.2, 0.25) is 0 Å². The Labute approximate surface area is 172 Å². The normalized spacial score (nSPS) is 16.4. The number of nitrogens with zero attached hydrogens (tertiary/aromatic N) is 1. The average molecular weight is 395 g/mol. The lowest BCUT2D eigenvalue weighted by atomic mass is 9.96. The number of benzene rings is 2. The fourth-order valence-electron chi connectivity index (χ4n) is 3.70. The Balaban J connectivity index is 1.77. The van der Waals surface area contributed by atoms with Crippen molar-refractivity contribution in [1.29, 1.82) is 0 Å². The molecule has 2 aromatic rings. The first-order valence-corrected chi connectivity index (χ1v) is 10.2. The molecule has 3 rings (SSSR count). The number of nitrogens with one attached hydrogen (secondary N) is 2. The van der Waals surface area contributed by atoms with Crippen LogP contribution in [0.5, 0.6) is 0 Å². The molecule has 2 amide bonds. The van der Waals surface area contributed by atoms with Crippen LogP contribution in [0.1, 0.15) is 34.3 Å². The molecule has 154 valence electrons. The number of likely N-dealkylation sites (tertiary alicyclic amines) is 1. The average Bonchev–Trinajstić information content (AvgIpc) is 2.75. The number of hydrogen-bond acceptors (Lipinski definition) is 4. The van der Waals surface area contributed by atoms with E-state index in [2.05, 4.69) is 30.5 Å². The van der Waals surface area contributed by atoms with Crippen LogP contribution < -0.4 is 16.4 Å². The van der Waals surface area contributed by atoms with Crippen molar-refractivity contribution in [1.82, 2.24) is 10.2 Å². The number of carbonyl (C=O) groups excluding carboxylic acids is 2. The molecule has 0 aromatic heterocycles. The third kappa shape index (κ3) is 4.95. The van der Waals surface area contributed by atoms with Crippen LogP contribution in [0.15, 0.2) is 42.5 Å². The maximum atomic E-state index is 13.3. The number of para-hydroxylation sites is 1. The van der Waals surface area contributed by atoms with Gasteiger partial charge in [-0.15, -0.1) is 0 Å². The molecule has 1 aliphatic heterocycles. The number of carbonyl (C=O) groups is 2. The minimum absolute atomic E-state index is 0.0188. The largest absolute Gasteiger partial charge is 0.355 e. The molecule has 29 heavy (non-hydrogen) atoms. The Kier molecular flexibility index (Phi) is 6.88. The van der Waals surface area contributed by atoms with Gasteiger partial charge in [-0.05, 0) is 56.0 Å². The lowest BCUT2D eigenvalue weighted by molar-refractivity contribution is -0.126. The Morgan fingerprint density at radius 1 is 1.10 bits per heavy atom. The van der Waals surface area contributed by atoms with Gasteiger partial charge in [0.05, 0.1) is 17.2 Å². The summed E-state index contributed by atoms with van der Waals surface area (Å²) in [6.07, 6.45) is 1.61. The second-order valence-electron chi connectivity index (χ2n) is 7.59. The quantitative estimate of drug-likeness (QED) is 0.703. The van der Waals surface area contributed by atoms with Gasteiger partial charge in [0, 0.05) is 31.9 Å². The van der Waals surface area contributed by atoms with E-state index < -0.39 is 0 Å². The Hall–Kier alpha value is -2.86. The third-order valence-corrected chi connectivity index (χ3v) is 5.55. The van der Waals surface area contributed by atoms with Crippen molar-refractivity contribution in [3.8, 4) is 0 Å². The van der Waals surface area contributed by atoms with Gasteiger partial charge < -0.3 is 21.3 Å². The van der Waals surface area contributed by atoms with Crippen LogP contribution in [0, 0.1) is 19.8 Å². The van der Waals surface area contributed by atoms with Gasteiger partial charge in [0.25, 0.3) is 5.91 Å². The summed E-state index contributed by atoms with van der Waals surface area (Å²) >= 11 is 0. The van der Waals surface area contributed by atoms with Gasteiger partial charge >= 0.3 is 0 Å². The van der Waals surface area contributed by atoms with E-state index in [4.69, 9.17) is 5.73 Å². The van der Waals surface area contributed by atoms with Gasteiger partial charge in [0.2, 0.25) is 5.91 Å². The maximum Gasteiger partial charge on any atom is 0.255 e. The van der Waals surface area contributed by atoms with Crippen LogP contribution >= 0.6 is 0 Å². The van der Waals surface area contributed by atoms with E-state index in [0.717, 1.165) is 29.8 Å². The van der Waals surface area contributed by atoms with E-state index in [9.17, 15) is 9.59 Å². The Bertz CT molecular complexity index is 881. The summed E-state index contributed by atoms with van der Waals surface area (Å²) in [6, 6.07) is 13.6. The van der Waals surface area contributed by atoms with E-state index in [0.29, 0.717) is 31.7 Å². The summed E-state index contributed by atoms with van der Waals surface area (Å²) in [5.74, 6) is -0.247. The number of amides is 2. The minimum Gasteiger partial charge on any atom is -0.355 e. The topological polar surface area (TPSA) is 87.5 Å². The lowest BCUT2D eigenvalue weighted by Gasteiger charge is -2.32. The molecule has 2 aromatic carbocycles. The molecule has 6 heteroatoms. The second kappa shape index (κ2) is 9.56. The van der Waals surface area contributed by atoms with Crippen molar-refractivity contribution in [3.05, 3.63) is 59.2 Å². The van der Waals surface area contributed by atoms with Gasteiger partial charge in [0.15, 0.2) is 0 Å². The van der Waals surface area contributed by atoms with Crippen LogP contribution in [0.4, 0.5) is 11.4 Å². The van der Waals surface area contributed by atoms with Gasteiger partial charge in [-0.25, -0.2) is 0 Å². The Morgan fingerprint density at radius 3 is 2.66 bits per heavy atom. The van der Waals surface area contributed by atoms with Gasteiger partial charge in [-0.1, -0.05) is 24.3 Å². The van der Waals surface area contributed by atoms with Crippen molar-refractivity contribution in [2.75, 3.05) is 31.5 Å². The number of anilines is 2. The monoisotopic (exact) mass is 394 g/mol. The summed E-state index contributed by atoms with van der Waals surface area (Å²) in [4.78, 5) is 27.4. The molecular formula is C23H30N4O2. The number of rotatable bonds is 6. The molecule has 0 saturated carbocycles. The molecule has 1 fully saturated rings. The fraction of sp³-hybridized carbons (Fsp3) is 0.391. The van der Waals surface area contributed by atoms with E-state index in [1.54, 1.807) is 4.90 Å². The van der Waals surface area contributed by atoms with Crippen molar-refractivity contribution < 1.29 is 9.59 Å². The SMILES string of the molecule is Cc1cccc(Nc2ccccc2C(=O)N2CCCC(C(=O)NCCN)C2)c1C. The third-order valence-electron chi connectivity index (χ3n) is 5.55. The molecule has 1 unspecified atom stereocenters.